The largest absolute Gasteiger partial charge is 0.497 e. The van der Waals surface area contributed by atoms with Crippen molar-refractivity contribution in [3.05, 3.63) is 60.2 Å². The van der Waals surface area contributed by atoms with E-state index in [-0.39, 0.29) is 17.9 Å². The summed E-state index contributed by atoms with van der Waals surface area (Å²) < 4.78 is 5.20. The third-order valence-corrected chi connectivity index (χ3v) is 4.96. The molecule has 2 amide bonds. The number of carbonyl (C=O) groups is 2. The summed E-state index contributed by atoms with van der Waals surface area (Å²) in [7, 11) is 1.66. The number of hydrogen-bond acceptors (Lipinski definition) is 4. The summed E-state index contributed by atoms with van der Waals surface area (Å²) >= 11 is 0. The molecule has 1 aliphatic rings. The van der Waals surface area contributed by atoms with Crippen molar-refractivity contribution >= 4 is 17.5 Å². The van der Waals surface area contributed by atoms with Crippen molar-refractivity contribution in [3.63, 3.8) is 0 Å². The van der Waals surface area contributed by atoms with Gasteiger partial charge in [-0.3, -0.25) is 9.59 Å². The predicted molar refractivity (Wildman–Crippen MR) is 110 cm³/mol. The van der Waals surface area contributed by atoms with Gasteiger partial charge in [-0.1, -0.05) is 18.2 Å². The average molecular weight is 381 g/mol. The van der Waals surface area contributed by atoms with Gasteiger partial charge in [0.15, 0.2) is 0 Å². The topological polar surface area (TPSA) is 61.9 Å². The van der Waals surface area contributed by atoms with Crippen LogP contribution in [0.3, 0.4) is 0 Å². The van der Waals surface area contributed by atoms with Crippen LogP contribution < -0.4 is 15.0 Å². The molecule has 0 spiro atoms. The number of rotatable bonds is 6. The minimum Gasteiger partial charge on any atom is -0.497 e. The highest BCUT2D eigenvalue weighted by Gasteiger charge is 2.23. The van der Waals surface area contributed by atoms with Gasteiger partial charge in [0.1, 0.15) is 5.75 Å². The highest BCUT2D eigenvalue weighted by molar-refractivity contribution is 5.94. The van der Waals surface area contributed by atoms with Crippen LogP contribution in [-0.4, -0.2) is 56.0 Å². The minimum absolute atomic E-state index is 0.0789. The first-order chi connectivity index (χ1) is 13.6. The Morgan fingerprint density at radius 1 is 1.00 bits per heavy atom. The Labute approximate surface area is 166 Å². The van der Waals surface area contributed by atoms with E-state index in [9.17, 15) is 9.59 Å². The van der Waals surface area contributed by atoms with Crippen molar-refractivity contribution in [2.24, 2.45) is 0 Å². The van der Waals surface area contributed by atoms with E-state index in [2.05, 4.69) is 10.2 Å². The molecule has 1 fully saturated rings. The second-order valence-corrected chi connectivity index (χ2v) is 7.01. The van der Waals surface area contributed by atoms with E-state index in [0.29, 0.717) is 25.1 Å². The molecule has 0 bridgehead atoms. The fraction of sp³-hybridized carbons (Fsp3) is 0.364. The third kappa shape index (κ3) is 5.03. The maximum absolute atomic E-state index is 12.6. The first kappa shape index (κ1) is 19.7. The Kier molecular flexibility index (Phi) is 6.53. The van der Waals surface area contributed by atoms with E-state index >= 15 is 0 Å². The number of nitrogens with one attached hydrogen (secondary N) is 1. The monoisotopic (exact) mass is 381 g/mol. The standard InChI is InChI=1S/C22H27N3O3/c1-17(23-22(27)18-6-4-3-5-7-18)16-21(26)25-14-12-24(13-15-25)19-8-10-20(28-2)11-9-19/h3-11,17H,12-16H2,1-2H3,(H,23,27). The molecule has 1 heterocycles. The molecule has 1 atom stereocenters. The first-order valence-electron chi connectivity index (χ1n) is 9.59. The summed E-state index contributed by atoms with van der Waals surface area (Å²) in [5.41, 5.74) is 1.74. The van der Waals surface area contributed by atoms with E-state index < -0.39 is 0 Å². The number of amides is 2. The molecule has 148 valence electrons. The fourth-order valence-corrected chi connectivity index (χ4v) is 3.35. The molecule has 0 aromatic heterocycles. The summed E-state index contributed by atoms with van der Waals surface area (Å²) in [4.78, 5) is 28.9. The molecule has 2 aromatic carbocycles. The summed E-state index contributed by atoms with van der Waals surface area (Å²) in [5, 5.41) is 2.90. The minimum atomic E-state index is -0.208. The molecule has 28 heavy (non-hydrogen) atoms. The van der Waals surface area contributed by atoms with Crippen LogP contribution in [0, 0.1) is 0 Å². The first-order valence-corrected chi connectivity index (χ1v) is 9.59. The summed E-state index contributed by atoms with van der Waals surface area (Å²) in [5.74, 6) is 0.768. The molecule has 1 saturated heterocycles. The van der Waals surface area contributed by atoms with Crippen molar-refractivity contribution in [2.75, 3.05) is 38.2 Å². The van der Waals surface area contributed by atoms with Crippen molar-refractivity contribution in [1.29, 1.82) is 0 Å². The van der Waals surface area contributed by atoms with Crippen LogP contribution in [0.15, 0.2) is 54.6 Å². The Balaban J connectivity index is 1.46. The highest BCUT2D eigenvalue weighted by atomic mass is 16.5. The Morgan fingerprint density at radius 2 is 1.64 bits per heavy atom. The fourth-order valence-electron chi connectivity index (χ4n) is 3.35. The lowest BCUT2D eigenvalue weighted by Crippen LogP contribution is -2.50. The number of anilines is 1. The third-order valence-electron chi connectivity index (χ3n) is 4.96. The van der Waals surface area contributed by atoms with Gasteiger partial charge in [0.2, 0.25) is 5.91 Å². The highest BCUT2D eigenvalue weighted by Crippen LogP contribution is 2.20. The van der Waals surface area contributed by atoms with Gasteiger partial charge in [-0.2, -0.15) is 0 Å². The zero-order chi connectivity index (χ0) is 19.9. The molecule has 0 radical (unpaired) electrons. The Morgan fingerprint density at radius 3 is 2.25 bits per heavy atom. The molecule has 1 N–H and O–H groups in total. The van der Waals surface area contributed by atoms with Gasteiger partial charge in [0, 0.05) is 49.9 Å². The van der Waals surface area contributed by atoms with Gasteiger partial charge in [-0.15, -0.1) is 0 Å². The van der Waals surface area contributed by atoms with Gasteiger partial charge in [-0.05, 0) is 43.3 Å². The van der Waals surface area contributed by atoms with Gasteiger partial charge < -0.3 is 19.9 Å². The number of methoxy groups -OCH3 is 1. The molecular formula is C22H27N3O3. The van der Waals surface area contributed by atoms with Crippen LogP contribution in [0.25, 0.3) is 0 Å². The molecule has 1 unspecified atom stereocenters. The number of ether oxygens (including phenoxy) is 1. The summed E-state index contributed by atoms with van der Waals surface area (Å²) in [6.45, 7) is 4.83. The van der Waals surface area contributed by atoms with E-state index in [1.807, 2.05) is 54.3 Å². The Hall–Kier alpha value is -3.02. The van der Waals surface area contributed by atoms with Crippen molar-refractivity contribution in [3.8, 4) is 5.75 Å². The van der Waals surface area contributed by atoms with Crippen LogP contribution >= 0.6 is 0 Å². The maximum atomic E-state index is 12.6. The van der Waals surface area contributed by atoms with Gasteiger partial charge in [0.25, 0.3) is 5.91 Å². The smallest absolute Gasteiger partial charge is 0.251 e. The number of benzene rings is 2. The van der Waals surface area contributed by atoms with Crippen LogP contribution in [0.5, 0.6) is 5.75 Å². The normalized spacial score (nSPS) is 15.1. The van der Waals surface area contributed by atoms with E-state index in [1.54, 1.807) is 19.2 Å². The average Bonchev–Trinajstić information content (AvgIpc) is 2.74. The summed E-state index contributed by atoms with van der Waals surface area (Å²) in [6, 6.07) is 16.8. The number of piperazine rings is 1. The van der Waals surface area contributed by atoms with E-state index in [4.69, 9.17) is 4.74 Å². The zero-order valence-electron chi connectivity index (χ0n) is 16.4. The Bertz CT molecular complexity index is 784. The van der Waals surface area contributed by atoms with E-state index in [1.165, 1.54) is 0 Å². The van der Waals surface area contributed by atoms with Gasteiger partial charge in [0.05, 0.1) is 7.11 Å². The number of nitrogens with zero attached hydrogens (tertiary/aromatic N) is 2. The molecule has 0 saturated carbocycles. The van der Waals surface area contributed by atoms with Crippen LogP contribution in [-0.2, 0) is 4.79 Å². The van der Waals surface area contributed by atoms with Crippen LogP contribution in [0.4, 0.5) is 5.69 Å². The van der Waals surface area contributed by atoms with Gasteiger partial charge in [-0.25, -0.2) is 0 Å². The maximum Gasteiger partial charge on any atom is 0.251 e. The molecule has 2 aromatic rings. The molecule has 0 aliphatic carbocycles. The molecule has 6 nitrogen and oxygen atoms in total. The molecule has 1 aliphatic heterocycles. The molecule has 6 heteroatoms. The lowest BCUT2D eigenvalue weighted by molar-refractivity contribution is -0.131. The number of carbonyl (C=O) groups excluding carboxylic acids is 2. The van der Waals surface area contributed by atoms with Crippen LogP contribution in [0.1, 0.15) is 23.7 Å². The van der Waals surface area contributed by atoms with Crippen molar-refractivity contribution in [2.45, 2.75) is 19.4 Å². The molecular weight excluding hydrogens is 354 g/mol. The van der Waals surface area contributed by atoms with E-state index in [0.717, 1.165) is 24.5 Å². The number of hydrogen-bond donors (Lipinski definition) is 1. The zero-order valence-corrected chi connectivity index (χ0v) is 16.4. The second-order valence-electron chi connectivity index (χ2n) is 7.01. The van der Waals surface area contributed by atoms with Crippen molar-refractivity contribution in [1.82, 2.24) is 10.2 Å². The summed E-state index contributed by atoms with van der Waals surface area (Å²) in [6.07, 6.45) is 0.307. The van der Waals surface area contributed by atoms with Crippen LogP contribution in [0.2, 0.25) is 0 Å². The van der Waals surface area contributed by atoms with Gasteiger partial charge >= 0.3 is 0 Å². The molecule has 3 rings (SSSR count). The lowest BCUT2D eigenvalue weighted by Gasteiger charge is -2.36. The second kappa shape index (κ2) is 9.26. The SMILES string of the molecule is COc1ccc(N2CCN(C(=O)CC(C)NC(=O)c3ccccc3)CC2)cc1. The quantitative estimate of drug-likeness (QED) is 0.835. The van der Waals surface area contributed by atoms with Crippen molar-refractivity contribution < 1.29 is 14.3 Å². The lowest BCUT2D eigenvalue weighted by atomic mass is 10.1. The predicted octanol–water partition coefficient (Wildman–Crippen LogP) is 2.55.